The van der Waals surface area contributed by atoms with Crippen LogP contribution in [0.4, 0.5) is 0 Å². The minimum atomic E-state index is -1.51. The van der Waals surface area contributed by atoms with Gasteiger partial charge in [-0.15, -0.1) is 0 Å². The molecule has 0 unspecified atom stereocenters. The van der Waals surface area contributed by atoms with E-state index in [1.54, 1.807) is 12.1 Å². The highest BCUT2D eigenvalue weighted by Gasteiger charge is 2.13. The molecule has 0 spiro atoms. The minimum absolute atomic E-state index is 0.352. The van der Waals surface area contributed by atoms with Gasteiger partial charge in [0.15, 0.2) is 0 Å². The van der Waals surface area contributed by atoms with Gasteiger partial charge in [0.05, 0.1) is 5.02 Å². The molecule has 0 saturated heterocycles. The Bertz CT molecular complexity index is 347. The lowest BCUT2D eigenvalue weighted by atomic mass is 9.80. The fourth-order valence-corrected chi connectivity index (χ4v) is 1.38. The maximum Gasteiger partial charge on any atom is 0.488 e. The Labute approximate surface area is 101 Å². The summed E-state index contributed by atoms with van der Waals surface area (Å²) in [5.74, 6) is 0.549. The first kappa shape index (κ1) is 13.3. The highest BCUT2D eigenvalue weighted by molar-refractivity contribution is 6.59. The molecule has 6 heteroatoms. The van der Waals surface area contributed by atoms with Gasteiger partial charge in [-0.05, 0) is 31.7 Å². The Kier molecular flexibility index (Phi) is 5.08. The van der Waals surface area contributed by atoms with Crippen LogP contribution in [-0.4, -0.2) is 49.3 Å². The van der Waals surface area contributed by atoms with Crippen molar-refractivity contribution in [3.63, 3.8) is 0 Å². The van der Waals surface area contributed by atoms with Crippen LogP contribution in [0.5, 0.6) is 5.75 Å². The molecule has 2 N–H and O–H groups in total. The first-order chi connectivity index (χ1) is 7.50. The maximum atomic E-state index is 8.94. The van der Waals surface area contributed by atoms with Crippen molar-refractivity contribution in [1.29, 1.82) is 0 Å². The van der Waals surface area contributed by atoms with E-state index in [9.17, 15) is 0 Å². The van der Waals surface area contributed by atoms with Crippen molar-refractivity contribution in [1.82, 2.24) is 4.90 Å². The number of hydrogen-bond acceptors (Lipinski definition) is 4. The molecule has 0 aliphatic heterocycles. The van der Waals surface area contributed by atoms with E-state index in [1.165, 1.54) is 6.07 Å². The van der Waals surface area contributed by atoms with Crippen molar-refractivity contribution in [2.75, 3.05) is 27.2 Å². The lowest BCUT2D eigenvalue weighted by Crippen LogP contribution is -2.29. The van der Waals surface area contributed by atoms with Gasteiger partial charge in [-0.25, -0.2) is 0 Å². The lowest BCUT2D eigenvalue weighted by molar-refractivity contribution is 0.261. The lowest BCUT2D eigenvalue weighted by Gasteiger charge is -2.12. The van der Waals surface area contributed by atoms with Crippen LogP contribution in [0.3, 0.4) is 0 Å². The van der Waals surface area contributed by atoms with Crippen LogP contribution in [0.25, 0.3) is 0 Å². The van der Waals surface area contributed by atoms with Gasteiger partial charge in [-0.1, -0.05) is 17.7 Å². The topological polar surface area (TPSA) is 52.9 Å². The number of halogens is 1. The van der Waals surface area contributed by atoms with Gasteiger partial charge in [0, 0.05) is 6.54 Å². The first-order valence-electron chi connectivity index (χ1n) is 4.94. The Hall–Kier alpha value is -0.745. The van der Waals surface area contributed by atoms with Crippen molar-refractivity contribution in [3.05, 3.63) is 23.2 Å². The summed E-state index contributed by atoms with van der Waals surface area (Å²) in [6.07, 6.45) is 0. The molecular weight excluding hydrogens is 228 g/mol. The summed E-state index contributed by atoms with van der Waals surface area (Å²) < 4.78 is 5.45. The molecule has 0 amide bonds. The average molecular weight is 243 g/mol. The van der Waals surface area contributed by atoms with Crippen LogP contribution in [0.15, 0.2) is 18.2 Å². The summed E-state index contributed by atoms with van der Waals surface area (Å²) in [5, 5.41) is 18.3. The SMILES string of the molecule is CN(C)CCOc1ccc(B(O)O)cc1Cl. The molecule has 0 heterocycles. The zero-order chi connectivity index (χ0) is 12.1. The fourth-order valence-electron chi connectivity index (χ4n) is 1.13. The number of benzene rings is 1. The highest BCUT2D eigenvalue weighted by atomic mass is 35.5. The maximum absolute atomic E-state index is 8.94. The van der Waals surface area contributed by atoms with Crippen molar-refractivity contribution >= 4 is 24.2 Å². The van der Waals surface area contributed by atoms with Crippen LogP contribution in [0.2, 0.25) is 5.02 Å². The van der Waals surface area contributed by atoms with Crippen molar-refractivity contribution in [2.45, 2.75) is 0 Å². The molecule has 4 nitrogen and oxygen atoms in total. The normalized spacial score (nSPS) is 10.6. The molecule has 0 bridgehead atoms. The van der Waals surface area contributed by atoms with E-state index in [4.69, 9.17) is 26.4 Å². The molecule has 0 aromatic heterocycles. The summed E-state index contributed by atoms with van der Waals surface area (Å²) in [5.41, 5.74) is 0.352. The van der Waals surface area contributed by atoms with Crippen molar-refractivity contribution in [2.24, 2.45) is 0 Å². The summed E-state index contributed by atoms with van der Waals surface area (Å²) in [6, 6.07) is 4.69. The van der Waals surface area contributed by atoms with Gasteiger partial charge >= 0.3 is 7.12 Å². The van der Waals surface area contributed by atoms with E-state index in [0.29, 0.717) is 22.8 Å². The number of nitrogens with zero attached hydrogens (tertiary/aromatic N) is 1. The van der Waals surface area contributed by atoms with Crippen LogP contribution < -0.4 is 10.2 Å². The van der Waals surface area contributed by atoms with Crippen LogP contribution in [0.1, 0.15) is 0 Å². The van der Waals surface area contributed by atoms with Gasteiger partial charge in [0.25, 0.3) is 0 Å². The molecule has 16 heavy (non-hydrogen) atoms. The number of rotatable bonds is 5. The van der Waals surface area contributed by atoms with E-state index < -0.39 is 7.12 Å². The third-order valence-corrected chi connectivity index (χ3v) is 2.35. The first-order valence-corrected chi connectivity index (χ1v) is 5.31. The van der Waals surface area contributed by atoms with Gasteiger partial charge < -0.3 is 19.7 Å². The number of likely N-dealkylation sites (N-methyl/N-ethyl adjacent to an activating group) is 1. The van der Waals surface area contributed by atoms with Crippen molar-refractivity contribution in [3.8, 4) is 5.75 Å². The molecule has 0 saturated carbocycles. The summed E-state index contributed by atoms with van der Waals surface area (Å²) in [7, 11) is 2.40. The third kappa shape index (κ3) is 4.02. The molecule has 1 aromatic rings. The smallest absolute Gasteiger partial charge is 0.488 e. The predicted octanol–water partition coefficient (Wildman–Crippen LogP) is -0.0398. The Morgan fingerprint density at radius 1 is 1.38 bits per heavy atom. The molecule has 88 valence electrons. The predicted molar refractivity (Wildman–Crippen MR) is 65.3 cm³/mol. The zero-order valence-electron chi connectivity index (χ0n) is 9.35. The molecule has 0 aliphatic rings. The third-order valence-electron chi connectivity index (χ3n) is 2.05. The van der Waals surface area contributed by atoms with Crippen LogP contribution in [-0.2, 0) is 0 Å². The monoisotopic (exact) mass is 243 g/mol. The second kappa shape index (κ2) is 6.10. The molecular formula is C10H15BClNO3. The standard InChI is InChI=1S/C10H15BClNO3/c1-13(2)5-6-16-10-4-3-8(11(14)15)7-9(10)12/h3-4,7,14-15H,5-6H2,1-2H3. The van der Waals surface area contributed by atoms with Crippen molar-refractivity contribution < 1.29 is 14.8 Å². The quantitative estimate of drug-likeness (QED) is 0.713. The van der Waals surface area contributed by atoms with Gasteiger partial charge in [-0.2, -0.15) is 0 Å². The fraction of sp³-hybridized carbons (Fsp3) is 0.400. The minimum Gasteiger partial charge on any atom is -0.491 e. The Morgan fingerprint density at radius 2 is 2.06 bits per heavy atom. The van der Waals surface area contributed by atoms with Crippen LogP contribution in [0, 0.1) is 0 Å². The summed E-state index contributed by atoms with van der Waals surface area (Å²) >= 11 is 5.93. The number of ether oxygens (including phenoxy) is 1. The highest BCUT2D eigenvalue weighted by Crippen LogP contribution is 2.22. The summed E-state index contributed by atoms with van der Waals surface area (Å²) in [6.45, 7) is 1.33. The Balaban J connectivity index is 2.61. The zero-order valence-corrected chi connectivity index (χ0v) is 10.1. The Morgan fingerprint density at radius 3 is 2.56 bits per heavy atom. The van der Waals surface area contributed by atoms with E-state index in [2.05, 4.69) is 0 Å². The average Bonchev–Trinajstić information content (AvgIpc) is 2.19. The second-order valence-corrected chi connectivity index (χ2v) is 4.12. The van der Waals surface area contributed by atoms with Gasteiger partial charge in [0.1, 0.15) is 12.4 Å². The number of hydrogen-bond donors (Lipinski definition) is 2. The largest absolute Gasteiger partial charge is 0.491 e. The van der Waals surface area contributed by atoms with Gasteiger partial charge in [0.2, 0.25) is 0 Å². The molecule has 0 radical (unpaired) electrons. The van der Waals surface area contributed by atoms with E-state index >= 15 is 0 Å². The van der Waals surface area contributed by atoms with Gasteiger partial charge in [-0.3, -0.25) is 0 Å². The van der Waals surface area contributed by atoms with E-state index in [0.717, 1.165) is 6.54 Å². The summed E-state index contributed by atoms with van der Waals surface area (Å²) in [4.78, 5) is 2.00. The van der Waals surface area contributed by atoms with E-state index in [1.807, 2.05) is 19.0 Å². The molecule has 0 aliphatic carbocycles. The van der Waals surface area contributed by atoms with Crippen LogP contribution >= 0.6 is 11.6 Å². The second-order valence-electron chi connectivity index (χ2n) is 3.72. The molecule has 1 rings (SSSR count). The molecule has 1 aromatic carbocycles. The molecule has 0 atom stereocenters. The van der Waals surface area contributed by atoms with E-state index in [-0.39, 0.29) is 0 Å². The molecule has 0 fully saturated rings.